The maximum atomic E-state index is 11.1. The summed E-state index contributed by atoms with van der Waals surface area (Å²) in [6, 6.07) is 0. The first-order valence-corrected chi connectivity index (χ1v) is 11.2. The Morgan fingerprint density at radius 3 is 2.06 bits per heavy atom. The van der Waals surface area contributed by atoms with Crippen LogP contribution in [0, 0.1) is 0 Å². The number of hydrogen-bond donors (Lipinski definition) is 0. The van der Waals surface area contributed by atoms with Crippen LogP contribution in [-0.2, 0) is 18.7 Å². The number of hydrogen-bond acceptors (Lipinski definition) is 4. The van der Waals surface area contributed by atoms with Gasteiger partial charge in [-0.3, -0.25) is 4.18 Å². The van der Waals surface area contributed by atoms with E-state index in [0.29, 0.717) is 6.42 Å². The molecule has 0 radical (unpaired) electrons. The zero-order chi connectivity index (χ0) is 14.2. The second-order valence-corrected chi connectivity index (χ2v) is 13.1. The summed E-state index contributed by atoms with van der Waals surface area (Å²) in [4.78, 5) is 0. The molecule has 4 nitrogen and oxygen atoms in total. The highest BCUT2D eigenvalue weighted by Crippen LogP contribution is 2.39. The van der Waals surface area contributed by atoms with Crippen molar-refractivity contribution in [1.29, 1.82) is 0 Å². The average Bonchev–Trinajstić information content (AvgIpc) is 2.45. The first kappa shape index (κ1) is 16.1. The molecule has 1 aliphatic carbocycles. The smallest absolute Gasteiger partial charge is 0.264 e. The van der Waals surface area contributed by atoms with Crippen molar-refractivity contribution in [2.24, 2.45) is 0 Å². The monoisotopic (exact) mass is 294 g/mol. The topological polar surface area (TPSA) is 52.6 Å². The molecule has 0 N–H and O–H groups in total. The lowest BCUT2D eigenvalue weighted by atomic mass is 10.2. The normalized spacial score (nSPS) is 26.6. The minimum absolute atomic E-state index is 0.151. The zero-order valence-corrected chi connectivity index (χ0v) is 14.1. The van der Waals surface area contributed by atoms with E-state index in [2.05, 4.69) is 33.9 Å². The first-order chi connectivity index (χ1) is 7.91. The summed E-state index contributed by atoms with van der Waals surface area (Å²) in [7, 11) is -5.11. The molecular formula is C12H26O4SSi. The van der Waals surface area contributed by atoms with Crippen LogP contribution in [0.15, 0.2) is 0 Å². The van der Waals surface area contributed by atoms with Gasteiger partial charge < -0.3 is 4.43 Å². The fourth-order valence-corrected chi connectivity index (χ4v) is 4.01. The zero-order valence-electron chi connectivity index (χ0n) is 12.3. The van der Waals surface area contributed by atoms with Crippen molar-refractivity contribution >= 4 is 18.4 Å². The lowest BCUT2D eigenvalue weighted by Gasteiger charge is -2.38. The van der Waals surface area contributed by atoms with Gasteiger partial charge in [-0.05, 0) is 37.4 Å². The van der Waals surface area contributed by atoms with Gasteiger partial charge in [0.1, 0.15) is 0 Å². The Hall–Kier alpha value is 0.0869. The summed E-state index contributed by atoms with van der Waals surface area (Å²) < 4.78 is 33.5. The van der Waals surface area contributed by atoms with Crippen molar-refractivity contribution in [2.45, 2.75) is 70.4 Å². The van der Waals surface area contributed by atoms with Gasteiger partial charge in [0, 0.05) is 6.10 Å². The molecule has 0 amide bonds. The van der Waals surface area contributed by atoms with E-state index in [1.54, 1.807) is 0 Å². The van der Waals surface area contributed by atoms with E-state index in [1.807, 2.05) is 0 Å². The van der Waals surface area contributed by atoms with E-state index in [4.69, 9.17) is 8.61 Å². The number of rotatable bonds is 4. The van der Waals surface area contributed by atoms with Crippen LogP contribution < -0.4 is 0 Å². The molecule has 2 atom stereocenters. The van der Waals surface area contributed by atoms with Gasteiger partial charge in [-0.1, -0.05) is 20.8 Å². The predicted molar refractivity (Wildman–Crippen MR) is 75.6 cm³/mol. The van der Waals surface area contributed by atoms with Gasteiger partial charge in [0.2, 0.25) is 0 Å². The quantitative estimate of drug-likeness (QED) is 0.591. The van der Waals surface area contributed by atoms with Crippen molar-refractivity contribution in [3.8, 4) is 0 Å². The van der Waals surface area contributed by atoms with Gasteiger partial charge in [0.15, 0.2) is 8.32 Å². The molecule has 0 aliphatic heterocycles. The van der Waals surface area contributed by atoms with Crippen molar-refractivity contribution in [1.82, 2.24) is 0 Å². The van der Waals surface area contributed by atoms with Crippen LogP contribution in [0.2, 0.25) is 18.1 Å². The average molecular weight is 294 g/mol. The van der Waals surface area contributed by atoms with Crippen molar-refractivity contribution in [3.63, 3.8) is 0 Å². The summed E-state index contributed by atoms with van der Waals surface area (Å²) in [6.45, 7) is 11.1. The molecule has 108 valence electrons. The second-order valence-electron chi connectivity index (χ2n) is 6.74. The molecule has 1 saturated carbocycles. The van der Waals surface area contributed by atoms with Crippen LogP contribution in [0.1, 0.15) is 40.0 Å². The molecule has 2 unspecified atom stereocenters. The van der Waals surface area contributed by atoms with Crippen LogP contribution in [0.3, 0.4) is 0 Å². The van der Waals surface area contributed by atoms with Crippen LogP contribution in [-0.4, -0.2) is 35.2 Å². The second kappa shape index (κ2) is 5.23. The summed E-state index contributed by atoms with van der Waals surface area (Å²) >= 11 is 0. The van der Waals surface area contributed by atoms with Crippen LogP contribution in [0.4, 0.5) is 0 Å². The minimum Gasteiger partial charge on any atom is -0.414 e. The Morgan fingerprint density at radius 2 is 1.61 bits per heavy atom. The highest BCUT2D eigenvalue weighted by molar-refractivity contribution is 7.86. The van der Waals surface area contributed by atoms with Gasteiger partial charge in [-0.2, -0.15) is 8.42 Å². The third-order valence-electron chi connectivity index (χ3n) is 3.91. The summed E-state index contributed by atoms with van der Waals surface area (Å²) in [5, 5.41) is 0.183. The van der Waals surface area contributed by atoms with Crippen LogP contribution in [0.5, 0.6) is 0 Å². The third-order valence-corrected chi connectivity index (χ3v) is 9.07. The van der Waals surface area contributed by atoms with E-state index >= 15 is 0 Å². The molecule has 18 heavy (non-hydrogen) atoms. The first-order valence-electron chi connectivity index (χ1n) is 6.47. The van der Waals surface area contributed by atoms with Gasteiger partial charge >= 0.3 is 0 Å². The van der Waals surface area contributed by atoms with E-state index in [1.165, 1.54) is 0 Å². The Balaban J connectivity index is 2.54. The van der Waals surface area contributed by atoms with Gasteiger partial charge in [-0.15, -0.1) is 0 Å². The molecular weight excluding hydrogens is 268 g/mol. The lowest BCUT2D eigenvalue weighted by molar-refractivity contribution is 0.158. The van der Waals surface area contributed by atoms with Crippen molar-refractivity contribution < 1.29 is 17.0 Å². The Labute approximate surface area is 112 Å². The molecule has 0 aromatic carbocycles. The molecule has 1 aliphatic rings. The largest absolute Gasteiger partial charge is 0.414 e. The Kier molecular flexibility index (Phi) is 4.69. The highest BCUT2D eigenvalue weighted by Gasteiger charge is 2.41. The van der Waals surface area contributed by atoms with E-state index in [0.717, 1.165) is 19.1 Å². The molecule has 0 bridgehead atoms. The molecule has 0 saturated heterocycles. The molecule has 0 spiro atoms. The maximum absolute atomic E-state index is 11.1. The van der Waals surface area contributed by atoms with E-state index in [9.17, 15) is 8.42 Å². The summed E-state index contributed by atoms with van der Waals surface area (Å²) in [6.07, 6.45) is 3.42. The third kappa shape index (κ3) is 4.64. The molecule has 1 rings (SSSR count). The minimum atomic E-state index is -3.35. The standard InChI is InChI=1S/C12H26O4SSi/c1-12(2,3)18(5,6)16-11-8-7-10(9-11)15-17(4,13)14/h10-11H,7-9H2,1-6H3. The Bertz CT molecular complexity index is 383. The summed E-state index contributed by atoms with van der Waals surface area (Å²) in [5.74, 6) is 0. The fourth-order valence-electron chi connectivity index (χ4n) is 1.94. The maximum Gasteiger partial charge on any atom is 0.264 e. The van der Waals surface area contributed by atoms with Crippen molar-refractivity contribution in [2.75, 3.05) is 6.26 Å². The molecule has 6 heteroatoms. The van der Waals surface area contributed by atoms with Crippen molar-refractivity contribution in [3.05, 3.63) is 0 Å². The van der Waals surface area contributed by atoms with Gasteiger partial charge in [0.05, 0.1) is 12.4 Å². The van der Waals surface area contributed by atoms with Crippen LogP contribution >= 0.6 is 0 Å². The lowest BCUT2D eigenvalue weighted by Crippen LogP contribution is -2.43. The van der Waals surface area contributed by atoms with Crippen LogP contribution in [0.25, 0.3) is 0 Å². The molecule has 0 aromatic rings. The highest BCUT2D eigenvalue weighted by atomic mass is 32.2. The molecule has 0 aromatic heterocycles. The molecule has 0 heterocycles. The SMILES string of the molecule is CC(C)(C)[Si](C)(C)OC1CCC(OS(C)(=O)=O)C1. The Morgan fingerprint density at radius 1 is 1.11 bits per heavy atom. The van der Waals surface area contributed by atoms with E-state index < -0.39 is 18.4 Å². The van der Waals surface area contributed by atoms with E-state index in [-0.39, 0.29) is 17.2 Å². The predicted octanol–water partition coefficient (Wildman–Crippen LogP) is 2.91. The fraction of sp³-hybridized carbons (Fsp3) is 1.00. The van der Waals surface area contributed by atoms with Gasteiger partial charge in [0.25, 0.3) is 10.1 Å². The van der Waals surface area contributed by atoms with Gasteiger partial charge in [-0.25, -0.2) is 0 Å². The summed E-state index contributed by atoms with van der Waals surface area (Å²) in [5.41, 5.74) is 0. The molecule has 1 fully saturated rings.